The SMILES string of the molecule is CC(=O)Nc1cccc(NC(=O)CCC(=O)N2CCC(c3ccccc3)=N2)c1. The summed E-state index contributed by atoms with van der Waals surface area (Å²) in [5.41, 5.74) is 3.05. The van der Waals surface area contributed by atoms with Crippen molar-refractivity contribution in [3.63, 3.8) is 0 Å². The van der Waals surface area contributed by atoms with E-state index < -0.39 is 0 Å². The van der Waals surface area contributed by atoms with Gasteiger partial charge in [0.05, 0.1) is 12.3 Å². The maximum Gasteiger partial charge on any atom is 0.243 e. The Balaban J connectivity index is 1.50. The fourth-order valence-corrected chi connectivity index (χ4v) is 2.92. The first-order chi connectivity index (χ1) is 13.5. The topological polar surface area (TPSA) is 90.9 Å². The van der Waals surface area contributed by atoms with Gasteiger partial charge >= 0.3 is 0 Å². The molecule has 7 nitrogen and oxygen atoms in total. The van der Waals surface area contributed by atoms with Crippen molar-refractivity contribution in [1.82, 2.24) is 5.01 Å². The Morgan fingerprint density at radius 2 is 1.68 bits per heavy atom. The van der Waals surface area contributed by atoms with Gasteiger partial charge in [0.25, 0.3) is 0 Å². The molecule has 7 heteroatoms. The number of benzene rings is 2. The van der Waals surface area contributed by atoms with Gasteiger partial charge < -0.3 is 10.6 Å². The van der Waals surface area contributed by atoms with Crippen molar-refractivity contribution in [3.8, 4) is 0 Å². The second-order valence-corrected chi connectivity index (χ2v) is 6.49. The fraction of sp³-hybridized carbons (Fsp3) is 0.238. The number of hydrogen-bond donors (Lipinski definition) is 2. The molecule has 1 aliphatic heterocycles. The lowest BCUT2D eigenvalue weighted by molar-refractivity contribution is -0.132. The molecule has 0 atom stereocenters. The van der Waals surface area contributed by atoms with Gasteiger partial charge in [0.2, 0.25) is 17.7 Å². The summed E-state index contributed by atoms with van der Waals surface area (Å²) in [4.78, 5) is 35.6. The number of nitrogens with one attached hydrogen (secondary N) is 2. The van der Waals surface area contributed by atoms with Gasteiger partial charge in [-0.25, -0.2) is 5.01 Å². The molecular formula is C21H22N4O3. The summed E-state index contributed by atoms with van der Waals surface area (Å²) in [5.74, 6) is -0.622. The molecule has 0 saturated heterocycles. The van der Waals surface area contributed by atoms with E-state index in [0.29, 0.717) is 24.3 Å². The zero-order valence-corrected chi connectivity index (χ0v) is 15.6. The number of amides is 3. The summed E-state index contributed by atoms with van der Waals surface area (Å²) >= 11 is 0. The first-order valence-corrected chi connectivity index (χ1v) is 9.12. The average molecular weight is 378 g/mol. The van der Waals surface area contributed by atoms with Crippen LogP contribution in [0, 0.1) is 0 Å². The maximum absolute atomic E-state index is 12.3. The van der Waals surface area contributed by atoms with Crippen LogP contribution in [0.2, 0.25) is 0 Å². The van der Waals surface area contributed by atoms with Crippen LogP contribution in [0.1, 0.15) is 31.7 Å². The molecule has 28 heavy (non-hydrogen) atoms. The Morgan fingerprint density at radius 3 is 2.39 bits per heavy atom. The lowest BCUT2D eigenvalue weighted by Crippen LogP contribution is -2.25. The predicted octanol–water partition coefficient (Wildman–Crippen LogP) is 3.00. The molecule has 0 spiro atoms. The minimum absolute atomic E-state index is 0.0654. The van der Waals surface area contributed by atoms with Crippen LogP contribution in [-0.2, 0) is 14.4 Å². The van der Waals surface area contributed by atoms with E-state index in [0.717, 1.165) is 11.3 Å². The monoisotopic (exact) mass is 378 g/mol. The molecule has 0 fully saturated rings. The molecule has 2 aromatic carbocycles. The van der Waals surface area contributed by atoms with Gasteiger partial charge in [-0.05, 0) is 23.8 Å². The molecule has 1 aliphatic rings. The second-order valence-electron chi connectivity index (χ2n) is 6.49. The molecule has 2 aromatic rings. The maximum atomic E-state index is 12.3. The van der Waals surface area contributed by atoms with Crippen molar-refractivity contribution in [2.24, 2.45) is 5.10 Å². The van der Waals surface area contributed by atoms with E-state index in [2.05, 4.69) is 15.7 Å². The zero-order valence-electron chi connectivity index (χ0n) is 15.6. The number of hydrogen-bond acceptors (Lipinski definition) is 4. The molecule has 3 amide bonds. The lowest BCUT2D eigenvalue weighted by atomic mass is 10.1. The summed E-state index contributed by atoms with van der Waals surface area (Å²) in [6.45, 7) is 1.95. The Kier molecular flexibility index (Phi) is 6.16. The van der Waals surface area contributed by atoms with Crippen molar-refractivity contribution in [1.29, 1.82) is 0 Å². The molecule has 0 bridgehead atoms. The van der Waals surface area contributed by atoms with Gasteiger partial charge in [0, 0.05) is 37.6 Å². The highest BCUT2D eigenvalue weighted by molar-refractivity contribution is 6.03. The van der Waals surface area contributed by atoms with E-state index in [1.165, 1.54) is 11.9 Å². The van der Waals surface area contributed by atoms with E-state index in [9.17, 15) is 14.4 Å². The third kappa shape index (κ3) is 5.26. The van der Waals surface area contributed by atoms with E-state index in [-0.39, 0.29) is 30.6 Å². The first-order valence-electron chi connectivity index (χ1n) is 9.12. The Bertz CT molecular complexity index is 909. The molecular weight excluding hydrogens is 356 g/mol. The van der Waals surface area contributed by atoms with Crippen molar-refractivity contribution in [2.75, 3.05) is 17.2 Å². The van der Waals surface area contributed by atoms with Crippen LogP contribution in [0.25, 0.3) is 0 Å². The van der Waals surface area contributed by atoms with Crippen molar-refractivity contribution >= 4 is 34.8 Å². The lowest BCUT2D eigenvalue weighted by Gasteiger charge is -2.11. The van der Waals surface area contributed by atoms with Crippen molar-refractivity contribution < 1.29 is 14.4 Å². The molecule has 2 N–H and O–H groups in total. The minimum atomic E-state index is -0.264. The quantitative estimate of drug-likeness (QED) is 0.809. The fourth-order valence-electron chi connectivity index (χ4n) is 2.92. The van der Waals surface area contributed by atoms with Gasteiger partial charge in [-0.15, -0.1) is 0 Å². The van der Waals surface area contributed by atoms with Crippen LogP contribution in [0.3, 0.4) is 0 Å². The molecule has 0 aliphatic carbocycles. The summed E-state index contributed by atoms with van der Waals surface area (Å²) in [5, 5.41) is 11.2. The molecule has 3 rings (SSSR count). The van der Waals surface area contributed by atoms with Gasteiger partial charge in [0.1, 0.15) is 0 Å². The Morgan fingerprint density at radius 1 is 0.964 bits per heavy atom. The highest BCUT2D eigenvalue weighted by Crippen LogP contribution is 2.17. The average Bonchev–Trinajstić information content (AvgIpc) is 3.17. The number of hydrazone groups is 1. The van der Waals surface area contributed by atoms with Gasteiger partial charge in [-0.2, -0.15) is 5.10 Å². The molecule has 1 heterocycles. The smallest absolute Gasteiger partial charge is 0.243 e. The van der Waals surface area contributed by atoms with Crippen LogP contribution in [0.5, 0.6) is 0 Å². The zero-order chi connectivity index (χ0) is 19.9. The number of rotatable bonds is 6. The Labute approximate surface area is 163 Å². The minimum Gasteiger partial charge on any atom is -0.326 e. The number of carbonyl (C=O) groups excluding carboxylic acids is 3. The van der Waals surface area contributed by atoms with Crippen LogP contribution in [0.15, 0.2) is 59.7 Å². The van der Waals surface area contributed by atoms with E-state index >= 15 is 0 Å². The van der Waals surface area contributed by atoms with Gasteiger partial charge in [-0.1, -0.05) is 36.4 Å². The van der Waals surface area contributed by atoms with Gasteiger partial charge in [-0.3, -0.25) is 14.4 Å². The van der Waals surface area contributed by atoms with Crippen LogP contribution < -0.4 is 10.6 Å². The van der Waals surface area contributed by atoms with Crippen LogP contribution in [-0.4, -0.2) is 35.0 Å². The summed E-state index contributed by atoms with van der Waals surface area (Å²) in [6, 6.07) is 16.6. The van der Waals surface area contributed by atoms with Gasteiger partial charge in [0.15, 0.2) is 0 Å². The number of nitrogens with zero attached hydrogens (tertiary/aromatic N) is 2. The molecule has 0 radical (unpaired) electrons. The number of carbonyl (C=O) groups is 3. The van der Waals surface area contributed by atoms with E-state index in [4.69, 9.17) is 0 Å². The highest BCUT2D eigenvalue weighted by Gasteiger charge is 2.21. The first kappa shape index (κ1) is 19.3. The van der Waals surface area contributed by atoms with Crippen LogP contribution in [0.4, 0.5) is 11.4 Å². The van der Waals surface area contributed by atoms with Crippen molar-refractivity contribution in [3.05, 3.63) is 60.2 Å². The highest BCUT2D eigenvalue weighted by atomic mass is 16.2. The summed E-state index contributed by atoms with van der Waals surface area (Å²) in [7, 11) is 0. The standard InChI is InChI=1S/C21H22N4O3/c1-15(26)22-17-8-5-9-18(14-17)23-20(27)10-11-21(28)25-13-12-19(24-25)16-6-3-2-4-7-16/h2-9,14H,10-13H2,1H3,(H,22,26)(H,23,27). The second kappa shape index (κ2) is 8.94. The molecule has 0 saturated carbocycles. The summed E-state index contributed by atoms with van der Waals surface area (Å²) < 4.78 is 0. The van der Waals surface area contributed by atoms with E-state index in [1.807, 2.05) is 30.3 Å². The molecule has 0 unspecified atom stereocenters. The molecule has 144 valence electrons. The third-order valence-electron chi connectivity index (χ3n) is 4.23. The largest absolute Gasteiger partial charge is 0.326 e. The third-order valence-corrected chi connectivity index (χ3v) is 4.23. The molecule has 0 aromatic heterocycles. The summed E-state index contributed by atoms with van der Waals surface area (Å²) in [6.07, 6.45) is 0.858. The normalized spacial score (nSPS) is 13.0. The Hall–Kier alpha value is -3.48. The predicted molar refractivity (Wildman–Crippen MR) is 108 cm³/mol. The van der Waals surface area contributed by atoms with E-state index in [1.54, 1.807) is 24.3 Å². The van der Waals surface area contributed by atoms with Crippen molar-refractivity contribution in [2.45, 2.75) is 26.2 Å². The van der Waals surface area contributed by atoms with Crippen LogP contribution >= 0.6 is 0 Å². The number of anilines is 2.